The van der Waals surface area contributed by atoms with E-state index in [2.05, 4.69) is 11.4 Å². The molecular formula is C14H18N2OS. The Morgan fingerprint density at radius 2 is 2.33 bits per heavy atom. The van der Waals surface area contributed by atoms with Gasteiger partial charge in [-0.2, -0.15) is 5.26 Å². The van der Waals surface area contributed by atoms with Crippen molar-refractivity contribution in [1.82, 2.24) is 5.32 Å². The topological polar surface area (TPSA) is 45.0 Å². The number of nitriles is 1. The van der Waals surface area contributed by atoms with Crippen LogP contribution in [0.25, 0.3) is 0 Å². The third kappa shape index (κ3) is 3.66. The van der Waals surface area contributed by atoms with Gasteiger partial charge in [-0.05, 0) is 38.0 Å². The zero-order chi connectivity index (χ0) is 13.0. The molecule has 0 aromatic heterocycles. The van der Waals surface area contributed by atoms with Crippen LogP contribution in [0.5, 0.6) is 5.75 Å². The summed E-state index contributed by atoms with van der Waals surface area (Å²) in [6, 6.07) is 10.9. The average molecular weight is 262 g/mol. The zero-order valence-electron chi connectivity index (χ0n) is 10.8. The van der Waals surface area contributed by atoms with Crippen molar-refractivity contribution < 1.29 is 4.74 Å². The number of thioether (sulfide) groups is 1. The third-order valence-corrected chi connectivity index (χ3v) is 4.22. The molecule has 4 heteroatoms. The standard InChI is InChI=1S/C14H18N2OS/c1-14(9-15,16-11-6-7-11)10-18-13-5-3-4-12(8-13)17-2/h3-5,8,11,16H,6-7,10H2,1-2H3. The van der Waals surface area contributed by atoms with Gasteiger partial charge in [-0.3, -0.25) is 5.32 Å². The fourth-order valence-electron chi connectivity index (χ4n) is 1.70. The number of ether oxygens (including phenoxy) is 1. The second kappa shape index (κ2) is 5.64. The first-order valence-electron chi connectivity index (χ1n) is 6.11. The molecule has 0 amide bonds. The smallest absolute Gasteiger partial charge is 0.119 e. The van der Waals surface area contributed by atoms with Crippen LogP contribution in [0.15, 0.2) is 29.2 Å². The molecule has 0 heterocycles. The first kappa shape index (κ1) is 13.3. The Kier molecular flexibility index (Phi) is 4.15. The molecule has 1 N–H and O–H groups in total. The van der Waals surface area contributed by atoms with Crippen LogP contribution in [0.1, 0.15) is 19.8 Å². The molecule has 1 aromatic rings. The van der Waals surface area contributed by atoms with Crippen LogP contribution in [0.3, 0.4) is 0 Å². The Labute approximate surface area is 113 Å². The van der Waals surface area contributed by atoms with Gasteiger partial charge in [-0.15, -0.1) is 11.8 Å². The predicted octanol–water partition coefficient (Wildman–Crippen LogP) is 2.82. The molecule has 18 heavy (non-hydrogen) atoms. The number of benzene rings is 1. The molecule has 1 fully saturated rings. The lowest BCUT2D eigenvalue weighted by Crippen LogP contribution is -2.44. The van der Waals surface area contributed by atoms with Crippen LogP contribution in [-0.2, 0) is 0 Å². The fraction of sp³-hybridized carbons (Fsp3) is 0.500. The number of methoxy groups -OCH3 is 1. The predicted molar refractivity (Wildman–Crippen MR) is 73.9 cm³/mol. The van der Waals surface area contributed by atoms with Gasteiger partial charge in [0.15, 0.2) is 0 Å². The van der Waals surface area contributed by atoms with Crippen molar-refractivity contribution >= 4 is 11.8 Å². The second-order valence-corrected chi connectivity index (χ2v) is 5.88. The van der Waals surface area contributed by atoms with Gasteiger partial charge in [0, 0.05) is 16.7 Å². The van der Waals surface area contributed by atoms with Gasteiger partial charge in [0.25, 0.3) is 0 Å². The largest absolute Gasteiger partial charge is 0.497 e. The molecule has 2 rings (SSSR count). The molecule has 1 aliphatic rings. The van der Waals surface area contributed by atoms with Gasteiger partial charge in [0.2, 0.25) is 0 Å². The third-order valence-electron chi connectivity index (χ3n) is 2.92. The first-order chi connectivity index (χ1) is 8.65. The molecule has 1 atom stereocenters. The summed E-state index contributed by atoms with van der Waals surface area (Å²) < 4.78 is 5.19. The van der Waals surface area contributed by atoms with Crippen LogP contribution in [0.4, 0.5) is 0 Å². The first-order valence-corrected chi connectivity index (χ1v) is 7.09. The van der Waals surface area contributed by atoms with Gasteiger partial charge in [-0.25, -0.2) is 0 Å². The summed E-state index contributed by atoms with van der Waals surface area (Å²) in [5, 5.41) is 12.7. The highest BCUT2D eigenvalue weighted by Gasteiger charge is 2.32. The maximum atomic E-state index is 9.29. The van der Waals surface area contributed by atoms with Crippen molar-refractivity contribution in [1.29, 1.82) is 5.26 Å². The average Bonchev–Trinajstić information content (AvgIpc) is 3.20. The number of hydrogen-bond acceptors (Lipinski definition) is 4. The summed E-state index contributed by atoms with van der Waals surface area (Å²) in [7, 11) is 1.66. The van der Waals surface area contributed by atoms with Gasteiger partial charge >= 0.3 is 0 Å². The van der Waals surface area contributed by atoms with Crippen molar-refractivity contribution in [2.24, 2.45) is 0 Å². The van der Waals surface area contributed by atoms with Crippen molar-refractivity contribution in [3.8, 4) is 11.8 Å². The Hall–Kier alpha value is -1.18. The monoisotopic (exact) mass is 262 g/mol. The number of nitrogens with zero attached hydrogens (tertiary/aromatic N) is 1. The van der Waals surface area contributed by atoms with Gasteiger partial charge < -0.3 is 4.74 Å². The molecule has 1 aromatic carbocycles. The highest BCUT2D eigenvalue weighted by atomic mass is 32.2. The van der Waals surface area contributed by atoms with Crippen LogP contribution in [0, 0.1) is 11.3 Å². The van der Waals surface area contributed by atoms with Crippen LogP contribution in [-0.4, -0.2) is 24.4 Å². The Bertz CT molecular complexity index is 453. The summed E-state index contributed by atoms with van der Waals surface area (Å²) in [5.74, 6) is 1.60. The highest BCUT2D eigenvalue weighted by Crippen LogP contribution is 2.28. The van der Waals surface area contributed by atoms with E-state index < -0.39 is 5.54 Å². The molecule has 96 valence electrons. The van der Waals surface area contributed by atoms with E-state index in [1.807, 2.05) is 31.2 Å². The van der Waals surface area contributed by atoms with E-state index >= 15 is 0 Å². The van der Waals surface area contributed by atoms with E-state index in [1.54, 1.807) is 18.9 Å². The van der Waals surface area contributed by atoms with Crippen molar-refractivity contribution in [3.63, 3.8) is 0 Å². The zero-order valence-corrected chi connectivity index (χ0v) is 11.6. The molecule has 0 saturated heterocycles. The maximum Gasteiger partial charge on any atom is 0.119 e. The molecule has 0 radical (unpaired) electrons. The molecular weight excluding hydrogens is 244 g/mol. The highest BCUT2D eigenvalue weighted by molar-refractivity contribution is 7.99. The normalized spacial score (nSPS) is 17.8. The summed E-state index contributed by atoms with van der Waals surface area (Å²) in [5.41, 5.74) is -0.449. The fourth-order valence-corrected chi connectivity index (χ4v) is 2.68. The quantitative estimate of drug-likeness (QED) is 0.801. The lowest BCUT2D eigenvalue weighted by atomic mass is 10.1. The van der Waals surface area contributed by atoms with E-state index in [1.165, 1.54) is 12.8 Å². The molecule has 0 spiro atoms. The molecule has 3 nitrogen and oxygen atoms in total. The SMILES string of the molecule is COc1cccc(SCC(C)(C#N)NC2CC2)c1. The lowest BCUT2D eigenvalue weighted by molar-refractivity contribution is 0.413. The summed E-state index contributed by atoms with van der Waals surface area (Å²) in [6.45, 7) is 1.97. The minimum Gasteiger partial charge on any atom is -0.497 e. The van der Waals surface area contributed by atoms with Crippen molar-refractivity contribution in [2.45, 2.75) is 36.2 Å². The van der Waals surface area contributed by atoms with E-state index in [0.717, 1.165) is 16.4 Å². The molecule has 0 aliphatic heterocycles. The Morgan fingerprint density at radius 3 is 2.94 bits per heavy atom. The van der Waals surface area contributed by atoms with E-state index in [9.17, 15) is 5.26 Å². The van der Waals surface area contributed by atoms with Crippen LogP contribution < -0.4 is 10.1 Å². The summed E-state index contributed by atoms with van der Waals surface area (Å²) >= 11 is 1.69. The van der Waals surface area contributed by atoms with Crippen molar-refractivity contribution in [3.05, 3.63) is 24.3 Å². The molecule has 1 aliphatic carbocycles. The molecule has 0 bridgehead atoms. The van der Waals surface area contributed by atoms with Crippen LogP contribution in [0.2, 0.25) is 0 Å². The van der Waals surface area contributed by atoms with Crippen LogP contribution >= 0.6 is 11.8 Å². The van der Waals surface area contributed by atoms with Gasteiger partial charge in [0.1, 0.15) is 11.3 Å². The van der Waals surface area contributed by atoms with E-state index in [-0.39, 0.29) is 0 Å². The lowest BCUT2D eigenvalue weighted by Gasteiger charge is -2.22. The summed E-state index contributed by atoms with van der Waals surface area (Å²) in [4.78, 5) is 1.13. The number of hydrogen-bond donors (Lipinski definition) is 1. The van der Waals surface area contributed by atoms with E-state index in [4.69, 9.17) is 4.74 Å². The van der Waals surface area contributed by atoms with Gasteiger partial charge in [0.05, 0.1) is 13.2 Å². The maximum absolute atomic E-state index is 9.29. The number of nitrogens with one attached hydrogen (secondary N) is 1. The number of rotatable bonds is 6. The van der Waals surface area contributed by atoms with E-state index in [0.29, 0.717) is 6.04 Å². The minimum atomic E-state index is -0.449. The second-order valence-electron chi connectivity index (χ2n) is 4.83. The molecule has 1 unspecified atom stereocenters. The Morgan fingerprint density at radius 1 is 1.56 bits per heavy atom. The molecule has 1 saturated carbocycles. The van der Waals surface area contributed by atoms with Crippen molar-refractivity contribution in [2.75, 3.05) is 12.9 Å². The van der Waals surface area contributed by atoms with Gasteiger partial charge in [-0.1, -0.05) is 6.07 Å². The Balaban J connectivity index is 1.94. The summed E-state index contributed by atoms with van der Waals surface area (Å²) in [6.07, 6.45) is 2.39. The minimum absolute atomic E-state index is 0.449.